The molecule has 0 unspecified atom stereocenters. The molecule has 9 heteroatoms. The highest BCUT2D eigenvalue weighted by Crippen LogP contribution is 2.07. The average molecular weight is 350 g/mol. The summed E-state index contributed by atoms with van der Waals surface area (Å²) < 4.78 is 9.66. The molecule has 0 saturated carbocycles. The second-order valence-corrected chi connectivity index (χ2v) is 6.73. The van der Waals surface area contributed by atoms with Crippen LogP contribution in [0.3, 0.4) is 0 Å². The van der Waals surface area contributed by atoms with Gasteiger partial charge in [-0.3, -0.25) is 4.79 Å². The quantitative estimate of drug-likeness (QED) is 0.539. The summed E-state index contributed by atoms with van der Waals surface area (Å²) in [7, 11) is 1.23. The zero-order valence-corrected chi connectivity index (χ0v) is 15.0. The fourth-order valence-electron chi connectivity index (χ4n) is 1.54. The summed E-state index contributed by atoms with van der Waals surface area (Å²) in [6.45, 7) is 4.41. The zero-order valence-electron chi connectivity index (χ0n) is 14.2. The van der Waals surface area contributed by atoms with Crippen LogP contribution in [0.15, 0.2) is 0 Å². The number of ether oxygens (including phenoxy) is 2. The largest absolute Gasteiger partial charge is 0.467 e. The first-order chi connectivity index (χ1) is 10.6. The van der Waals surface area contributed by atoms with E-state index in [1.54, 1.807) is 20.8 Å². The summed E-state index contributed by atoms with van der Waals surface area (Å²) in [6, 6.07) is -2.05. The monoisotopic (exact) mass is 350 g/mol. The third-order valence-electron chi connectivity index (χ3n) is 2.60. The predicted molar refractivity (Wildman–Crippen MR) is 87.2 cm³/mol. The molecule has 0 heterocycles. The molecule has 0 bridgehead atoms. The molecule has 0 aliphatic rings. The molecule has 0 saturated heterocycles. The van der Waals surface area contributed by atoms with Gasteiger partial charge in [-0.15, -0.1) is 0 Å². The van der Waals surface area contributed by atoms with Crippen molar-refractivity contribution in [1.82, 2.24) is 10.6 Å². The van der Waals surface area contributed by atoms with E-state index < -0.39 is 42.3 Å². The van der Waals surface area contributed by atoms with Gasteiger partial charge in [0.2, 0.25) is 5.91 Å². The molecule has 0 aliphatic carbocycles. The van der Waals surface area contributed by atoms with Crippen LogP contribution < -0.4 is 10.6 Å². The highest BCUT2D eigenvalue weighted by molar-refractivity contribution is 7.98. The van der Waals surface area contributed by atoms with Crippen LogP contribution in [-0.2, 0) is 19.1 Å². The Morgan fingerprint density at radius 3 is 2.22 bits per heavy atom. The summed E-state index contributed by atoms with van der Waals surface area (Å²) in [4.78, 5) is 35.4. The molecule has 0 radical (unpaired) electrons. The van der Waals surface area contributed by atoms with Crippen LogP contribution in [-0.4, -0.2) is 66.5 Å². The van der Waals surface area contributed by atoms with E-state index in [1.165, 1.54) is 18.9 Å². The maximum atomic E-state index is 12.1. The molecule has 2 amide bonds. The van der Waals surface area contributed by atoms with Gasteiger partial charge in [0.15, 0.2) is 0 Å². The normalized spacial score (nSPS) is 13.7. The second-order valence-electron chi connectivity index (χ2n) is 5.75. The first-order valence-corrected chi connectivity index (χ1v) is 8.51. The van der Waals surface area contributed by atoms with Gasteiger partial charge >= 0.3 is 12.1 Å². The van der Waals surface area contributed by atoms with Crippen molar-refractivity contribution in [1.29, 1.82) is 0 Å². The number of methoxy groups -OCH3 is 1. The number of carbonyl (C=O) groups excluding carboxylic acids is 3. The highest BCUT2D eigenvalue weighted by atomic mass is 32.2. The van der Waals surface area contributed by atoms with E-state index in [1.807, 2.05) is 6.26 Å². The van der Waals surface area contributed by atoms with Gasteiger partial charge in [0.25, 0.3) is 0 Å². The fourth-order valence-corrected chi connectivity index (χ4v) is 2.01. The summed E-state index contributed by atoms with van der Waals surface area (Å²) >= 11 is 1.52. The van der Waals surface area contributed by atoms with Crippen LogP contribution in [0.25, 0.3) is 0 Å². The molecule has 8 nitrogen and oxygen atoms in total. The number of aliphatic hydroxyl groups excluding tert-OH is 1. The van der Waals surface area contributed by atoms with Crippen LogP contribution in [0.2, 0.25) is 0 Å². The van der Waals surface area contributed by atoms with Crippen LogP contribution >= 0.6 is 11.8 Å². The van der Waals surface area contributed by atoms with Crippen LogP contribution in [0.4, 0.5) is 4.79 Å². The minimum absolute atomic E-state index is 0.379. The van der Waals surface area contributed by atoms with Crippen LogP contribution in [0, 0.1) is 0 Å². The summed E-state index contributed by atoms with van der Waals surface area (Å²) in [5, 5.41) is 14.0. The maximum Gasteiger partial charge on any atom is 0.408 e. The van der Waals surface area contributed by atoms with E-state index in [9.17, 15) is 19.5 Å². The third-order valence-corrected chi connectivity index (χ3v) is 3.25. The van der Waals surface area contributed by atoms with E-state index in [-0.39, 0.29) is 0 Å². The van der Waals surface area contributed by atoms with Gasteiger partial charge in [-0.1, -0.05) is 0 Å². The van der Waals surface area contributed by atoms with Crippen molar-refractivity contribution in [3.05, 3.63) is 0 Å². The van der Waals surface area contributed by atoms with E-state index in [4.69, 9.17) is 4.74 Å². The van der Waals surface area contributed by atoms with E-state index in [0.29, 0.717) is 12.2 Å². The molecule has 0 aromatic rings. The Labute approximate surface area is 140 Å². The number of hydrogen-bond donors (Lipinski definition) is 3. The number of carbonyl (C=O) groups is 3. The topological polar surface area (TPSA) is 114 Å². The number of amides is 2. The molecule has 23 heavy (non-hydrogen) atoms. The molecule has 0 aromatic heterocycles. The van der Waals surface area contributed by atoms with E-state index in [0.717, 1.165) is 0 Å². The van der Waals surface area contributed by atoms with Crippen molar-refractivity contribution in [3.63, 3.8) is 0 Å². The fraction of sp³-hybridized carbons (Fsp3) is 0.786. The lowest BCUT2D eigenvalue weighted by Crippen LogP contribution is -2.54. The number of nitrogens with one attached hydrogen (secondary N) is 2. The van der Waals surface area contributed by atoms with Crippen molar-refractivity contribution in [2.24, 2.45) is 0 Å². The lowest BCUT2D eigenvalue weighted by molar-refractivity contribution is -0.145. The van der Waals surface area contributed by atoms with Crippen LogP contribution in [0.5, 0.6) is 0 Å². The molecule has 0 spiro atoms. The summed E-state index contributed by atoms with van der Waals surface area (Å²) in [5.41, 5.74) is -0.729. The number of alkyl carbamates (subject to hydrolysis) is 1. The van der Waals surface area contributed by atoms with Crippen molar-refractivity contribution in [2.75, 3.05) is 25.7 Å². The average Bonchev–Trinajstić information content (AvgIpc) is 2.46. The smallest absolute Gasteiger partial charge is 0.408 e. The molecule has 0 fully saturated rings. The van der Waals surface area contributed by atoms with Crippen LogP contribution in [0.1, 0.15) is 27.2 Å². The molecule has 0 aliphatic heterocycles. The molecule has 2 atom stereocenters. The van der Waals surface area contributed by atoms with Gasteiger partial charge in [-0.25, -0.2) is 9.59 Å². The van der Waals surface area contributed by atoms with Crippen molar-refractivity contribution in [3.8, 4) is 0 Å². The molecular formula is C14H26N2O6S. The molecule has 0 aromatic carbocycles. The van der Waals surface area contributed by atoms with Crippen molar-refractivity contribution >= 4 is 29.7 Å². The predicted octanol–water partition coefficient (Wildman–Crippen LogP) is 0.283. The maximum absolute atomic E-state index is 12.1. The number of rotatable bonds is 8. The van der Waals surface area contributed by atoms with Gasteiger partial charge in [-0.2, -0.15) is 11.8 Å². The standard InChI is InChI=1S/C14H26N2O6S/c1-14(2,3)22-13(20)16-10(8-17)11(18)15-9(6-7-23-5)12(19)21-4/h9-10,17H,6-8H2,1-5H3,(H,15,18)(H,16,20)/t9-,10-/m0/s1. The first-order valence-electron chi connectivity index (χ1n) is 7.12. The Bertz CT molecular complexity index is 411. The second kappa shape index (κ2) is 10.3. The van der Waals surface area contributed by atoms with Gasteiger partial charge in [0.05, 0.1) is 13.7 Å². The Hall–Kier alpha value is -1.48. The Kier molecular flexibility index (Phi) is 9.66. The minimum atomic E-state index is -1.22. The molecule has 3 N–H and O–H groups in total. The molecule has 134 valence electrons. The third kappa shape index (κ3) is 9.29. The van der Waals surface area contributed by atoms with Gasteiger partial charge in [0, 0.05) is 0 Å². The number of esters is 1. The summed E-state index contributed by atoms with van der Waals surface area (Å²) in [6.07, 6.45) is 1.42. The Morgan fingerprint density at radius 2 is 1.78 bits per heavy atom. The lowest BCUT2D eigenvalue weighted by Gasteiger charge is -2.23. The van der Waals surface area contributed by atoms with Gasteiger partial charge in [0.1, 0.15) is 17.7 Å². The van der Waals surface area contributed by atoms with Gasteiger partial charge in [-0.05, 0) is 39.2 Å². The molecular weight excluding hydrogens is 324 g/mol. The van der Waals surface area contributed by atoms with E-state index >= 15 is 0 Å². The highest BCUT2D eigenvalue weighted by Gasteiger charge is 2.28. The minimum Gasteiger partial charge on any atom is -0.467 e. The number of thioether (sulfide) groups is 1. The molecule has 0 rings (SSSR count). The Balaban J connectivity index is 4.72. The number of aliphatic hydroxyl groups is 1. The van der Waals surface area contributed by atoms with Crippen molar-refractivity contribution < 1.29 is 29.0 Å². The van der Waals surface area contributed by atoms with Gasteiger partial charge < -0.3 is 25.2 Å². The lowest BCUT2D eigenvalue weighted by atomic mass is 10.2. The SMILES string of the molecule is COC(=O)[C@H](CCSC)NC(=O)[C@H](CO)NC(=O)OC(C)(C)C. The number of hydrogen-bond acceptors (Lipinski definition) is 7. The summed E-state index contributed by atoms with van der Waals surface area (Å²) in [5.74, 6) is -0.625. The first kappa shape index (κ1) is 21.5. The van der Waals surface area contributed by atoms with Crippen molar-refractivity contribution in [2.45, 2.75) is 44.9 Å². The zero-order chi connectivity index (χ0) is 18.0. The van der Waals surface area contributed by atoms with E-state index in [2.05, 4.69) is 15.4 Å². The Morgan fingerprint density at radius 1 is 1.17 bits per heavy atom.